The molecule has 2 nitrogen and oxygen atoms in total. The lowest BCUT2D eigenvalue weighted by molar-refractivity contribution is -0.309. The Hall–Kier alpha value is -1.02. The second kappa shape index (κ2) is 3.38. The Kier molecular flexibility index (Phi) is 2.62. The van der Waals surface area contributed by atoms with E-state index >= 15 is 0 Å². The average Bonchev–Trinajstić information content (AvgIpc) is 2.04. The summed E-state index contributed by atoms with van der Waals surface area (Å²) in [6, 6.07) is 7.02. The van der Waals surface area contributed by atoms with Crippen molar-refractivity contribution in [2.45, 2.75) is 18.7 Å². The van der Waals surface area contributed by atoms with Gasteiger partial charge in [-0.2, -0.15) is 0 Å². The number of carboxylic acid groups (broad SMARTS) is 1. The number of carbonyl (C=O) groups excluding carboxylic acids is 1. The molecule has 0 aromatic heterocycles. The molecule has 0 aliphatic rings. The Balaban J connectivity index is 3.08. The number of rotatable bonds is 2. The van der Waals surface area contributed by atoms with Crippen LogP contribution in [0.2, 0.25) is 0 Å². The van der Waals surface area contributed by atoms with Crippen LogP contribution >= 0.6 is 11.6 Å². The SMILES string of the molecule is Cc1ccc([C@](C)(Cl)C(=O)[O-])cc1. The van der Waals surface area contributed by atoms with Crippen molar-refractivity contribution in [3.63, 3.8) is 0 Å². The lowest BCUT2D eigenvalue weighted by Gasteiger charge is -2.23. The highest BCUT2D eigenvalue weighted by Crippen LogP contribution is 2.27. The highest BCUT2D eigenvalue weighted by Gasteiger charge is 2.24. The molecule has 0 aliphatic carbocycles. The number of hydrogen-bond donors (Lipinski definition) is 0. The molecule has 0 saturated carbocycles. The molecular formula is C10H10ClO2-. The van der Waals surface area contributed by atoms with Crippen molar-refractivity contribution in [3.05, 3.63) is 35.4 Å². The molecule has 0 N–H and O–H groups in total. The smallest absolute Gasteiger partial charge is 0.106 e. The van der Waals surface area contributed by atoms with Crippen LogP contribution in [0.25, 0.3) is 0 Å². The van der Waals surface area contributed by atoms with Gasteiger partial charge in [0.25, 0.3) is 0 Å². The fraction of sp³-hybridized carbons (Fsp3) is 0.300. The van der Waals surface area contributed by atoms with Gasteiger partial charge in [0.15, 0.2) is 0 Å². The number of carboxylic acids is 1. The zero-order valence-electron chi connectivity index (χ0n) is 7.50. The normalized spacial score (nSPS) is 15.0. The largest absolute Gasteiger partial charge is 0.548 e. The van der Waals surface area contributed by atoms with Crippen molar-refractivity contribution in [2.24, 2.45) is 0 Å². The van der Waals surface area contributed by atoms with Gasteiger partial charge in [-0.15, -0.1) is 11.6 Å². The van der Waals surface area contributed by atoms with Crippen molar-refractivity contribution < 1.29 is 9.90 Å². The summed E-state index contributed by atoms with van der Waals surface area (Å²) in [7, 11) is 0. The van der Waals surface area contributed by atoms with Crippen molar-refractivity contribution in [1.29, 1.82) is 0 Å². The van der Waals surface area contributed by atoms with Gasteiger partial charge in [-0.25, -0.2) is 0 Å². The van der Waals surface area contributed by atoms with E-state index in [0.717, 1.165) is 5.56 Å². The molecule has 0 bridgehead atoms. The van der Waals surface area contributed by atoms with Crippen LogP contribution in [-0.4, -0.2) is 5.97 Å². The highest BCUT2D eigenvalue weighted by molar-refractivity contribution is 6.33. The van der Waals surface area contributed by atoms with Crippen LogP contribution < -0.4 is 5.11 Å². The lowest BCUT2D eigenvalue weighted by Crippen LogP contribution is -2.39. The van der Waals surface area contributed by atoms with Crippen LogP contribution in [-0.2, 0) is 9.67 Å². The van der Waals surface area contributed by atoms with Crippen LogP contribution in [0, 0.1) is 6.92 Å². The molecule has 0 heterocycles. The van der Waals surface area contributed by atoms with Gasteiger partial charge in [-0.05, 0) is 19.4 Å². The van der Waals surface area contributed by atoms with E-state index in [1.165, 1.54) is 6.92 Å². The summed E-state index contributed by atoms with van der Waals surface area (Å²) >= 11 is 5.79. The van der Waals surface area contributed by atoms with E-state index in [0.29, 0.717) is 5.56 Å². The zero-order valence-corrected chi connectivity index (χ0v) is 8.26. The first-order chi connectivity index (χ1) is 5.94. The first-order valence-corrected chi connectivity index (χ1v) is 4.30. The zero-order chi connectivity index (χ0) is 10.1. The third-order valence-electron chi connectivity index (χ3n) is 1.98. The molecule has 0 fully saturated rings. The molecule has 0 unspecified atom stereocenters. The molecule has 13 heavy (non-hydrogen) atoms. The van der Waals surface area contributed by atoms with Gasteiger partial charge in [-0.1, -0.05) is 29.8 Å². The summed E-state index contributed by atoms with van der Waals surface area (Å²) < 4.78 is 0. The summed E-state index contributed by atoms with van der Waals surface area (Å²) in [6.07, 6.45) is 0. The topological polar surface area (TPSA) is 40.1 Å². The van der Waals surface area contributed by atoms with Gasteiger partial charge in [0.1, 0.15) is 4.87 Å². The third-order valence-corrected chi connectivity index (χ3v) is 2.35. The fourth-order valence-electron chi connectivity index (χ4n) is 0.984. The Bertz CT molecular complexity index is 314. The first-order valence-electron chi connectivity index (χ1n) is 3.92. The summed E-state index contributed by atoms with van der Waals surface area (Å²) in [5.41, 5.74) is 1.61. The molecular weight excluding hydrogens is 188 g/mol. The standard InChI is InChI=1S/C10H11ClO2/c1-7-3-5-8(6-4-7)10(2,11)9(12)13/h3-6H,1-2H3,(H,12,13)/p-1/t10-/m0/s1. The van der Waals surface area contributed by atoms with E-state index in [2.05, 4.69) is 0 Å². The first kappa shape index (κ1) is 10.1. The van der Waals surface area contributed by atoms with Crippen molar-refractivity contribution in [3.8, 4) is 0 Å². The van der Waals surface area contributed by atoms with Crippen molar-refractivity contribution in [1.82, 2.24) is 0 Å². The highest BCUT2D eigenvalue weighted by atomic mass is 35.5. The van der Waals surface area contributed by atoms with Gasteiger partial charge in [-0.3, -0.25) is 0 Å². The van der Waals surface area contributed by atoms with E-state index in [-0.39, 0.29) is 0 Å². The minimum atomic E-state index is -1.44. The number of aliphatic carboxylic acids is 1. The van der Waals surface area contributed by atoms with Crippen LogP contribution in [0.4, 0.5) is 0 Å². The van der Waals surface area contributed by atoms with Crippen LogP contribution in [0.1, 0.15) is 18.1 Å². The summed E-state index contributed by atoms with van der Waals surface area (Å²) in [4.78, 5) is 9.23. The maximum absolute atomic E-state index is 10.7. The molecule has 0 spiro atoms. The molecule has 1 aromatic carbocycles. The van der Waals surface area contributed by atoms with Gasteiger partial charge < -0.3 is 9.90 Å². The van der Waals surface area contributed by atoms with E-state index in [4.69, 9.17) is 11.6 Å². The predicted octanol–water partition coefficient (Wildman–Crippen LogP) is 1.20. The molecule has 3 heteroatoms. The number of carbonyl (C=O) groups is 1. The van der Waals surface area contributed by atoms with Crippen molar-refractivity contribution in [2.75, 3.05) is 0 Å². The molecule has 1 atom stereocenters. The van der Waals surface area contributed by atoms with Gasteiger partial charge in [0.05, 0.1) is 5.97 Å². The van der Waals surface area contributed by atoms with Crippen molar-refractivity contribution >= 4 is 17.6 Å². The second-order valence-electron chi connectivity index (χ2n) is 3.16. The molecule has 70 valence electrons. The number of alkyl halides is 1. The third kappa shape index (κ3) is 2.01. The fourth-order valence-corrected chi connectivity index (χ4v) is 1.11. The Morgan fingerprint density at radius 1 is 1.38 bits per heavy atom. The Morgan fingerprint density at radius 3 is 2.23 bits per heavy atom. The van der Waals surface area contributed by atoms with Gasteiger partial charge in [0.2, 0.25) is 0 Å². The Labute approximate surface area is 82.2 Å². The molecule has 0 amide bonds. The number of halogens is 1. The Morgan fingerprint density at radius 2 is 1.85 bits per heavy atom. The molecule has 1 rings (SSSR count). The maximum Gasteiger partial charge on any atom is 0.106 e. The number of benzene rings is 1. The lowest BCUT2D eigenvalue weighted by atomic mass is 9.99. The van der Waals surface area contributed by atoms with E-state index in [9.17, 15) is 9.90 Å². The predicted molar refractivity (Wildman–Crippen MR) is 49.4 cm³/mol. The monoisotopic (exact) mass is 197 g/mol. The minimum absolute atomic E-state index is 0.541. The quantitative estimate of drug-likeness (QED) is 0.669. The van der Waals surface area contributed by atoms with Crippen LogP contribution in [0.5, 0.6) is 0 Å². The second-order valence-corrected chi connectivity index (χ2v) is 3.91. The molecule has 0 aliphatic heterocycles. The number of hydrogen-bond acceptors (Lipinski definition) is 2. The molecule has 0 radical (unpaired) electrons. The van der Waals surface area contributed by atoms with Crippen LogP contribution in [0.15, 0.2) is 24.3 Å². The summed E-state index contributed by atoms with van der Waals surface area (Å²) in [6.45, 7) is 3.34. The average molecular weight is 198 g/mol. The van der Waals surface area contributed by atoms with E-state index < -0.39 is 10.8 Å². The number of aryl methyl sites for hydroxylation is 1. The van der Waals surface area contributed by atoms with E-state index in [1.54, 1.807) is 12.1 Å². The molecule has 0 saturated heterocycles. The van der Waals surface area contributed by atoms with Crippen LogP contribution in [0.3, 0.4) is 0 Å². The summed E-state index contributed by atoms with van der Waals surface area (Å²) in [5, 5.41) is 10.7. The molecule has 1 aromatic rings. The van der Waals surface area contributed by atoms with E-state index in [1.807, 2.05) is 19.1 Å². The van der Waals surface area contributed by atoms with Gasteiger partial charge in [0, 0.05) is 0 Å². The summed E-state index contributed by atoms with van der Waals surface area (Å²) in [5.74, 6) is -1.28. The minimum Gasteiger partial charge on any atom is -0.548 e. The maximum atomic E-state index is 10.7. The van der Waals surface area contributed by atoms with Gasteiger partial charge >= 0.3 is 0 Å².